The first-order chi connectivity index (χ1) is 15.7. The van der Waals surface area contributed by atoms with Gasteiger partial charge in [0.15, 0.2) is 11.5 Å². The first kappa shape index (κ1) is 24.8. The van der Waals surface area contributed by atoms with Crippen molar-refractivity contribution in [3.8, 4) is 11.5 Å². The number of morpholine rings is 1. The summed E-state index contributed by atoms with van der Waals surface area (Å²) in [7, 11) is -0.892. The van der Waals surface area contributed by atoms with E-state index in [0.717, 1.165) is 18.8 Å². The fraction of sp³-hybridized carbons (Fsp3) is 0.435. The van der Waals surface area contributed by atoms with Gasteiger partial charge in [-0.05, 0) is 50.2 Å². The Morgan fingerprint density at radius 1 is 1.03 bits per heavy atom. The third-order valence-electron chi connectivity index (χ3n) is 5.25. The highest BCUT2D eigenvalue weighted by atomic mass is 32.2. The van der Waals surface area contributed by atoms with Crippen LogP contribution in [0.5, 0.6) is 11.5 Å². The molecule has 0 radical (unpaired) electrons. The highest BCUT2D eigenvalue weighted by Gasteiger charge is 2.22. The summed E-state index contributed by atoms with van der Waals surface area (Å²) >= 11 is 0. The number of nitrogens with zero attached hydrogens (tertiary/aromatic N) is 1. The molecule has 2 aromatic rings. The van der Waals surface area contributed by atoms with Crippen molar-refractivity contribution in [3.63, 3.8) is 0 Å². The van der Waals surface area contributed by atoms with Crippen molar-refractivity contribution in [2.45, 2.75) is 37.4 Å². The average Bonchev–Trinajstić information content (AvgIpc) is 2.78. The molecule has 3 rings (SSSR count). The minimum absolute atomic E-state index is 0.00718. The van der Waals surface area contributed by atoms with Crippen LogP contribution >= 0.6 is 0 Å². The van der Waals surface area contributed by atoms with Crippen molar-refractivity contribution < 1.29 is 27.4 Å². The van der Waals surface area contributed by atoms with Gasteiger partial charge in [-0.2, -0.15) is 0 Å². The quantitative estimate of drug-likeness (QED) is 0.572. The summed E-state index contributed by atoms with van der Waals surface area (Å²) in [6.45, 7) is 5.70. The zero-order chi connectivity index (χ0) is 24.0. The second-order valence-corrected chi connectivity index (χ2v) is 9.69. The van der Waals surface area contributed by atoms with Crippen LogP contribution in [0.2, 0.25) is 0 Å². The van der Waals surface area contributed by atoms with Gasteiger partial charge in [-0.3, -0.25) is 4.79 Å². The van der Waals surface area contributed by atoms with Gasteiger partial charge in [0.2, 0.25) is 15.9 Å². The number of hydrogen-bond acceptors (Lipinski definition) is 7. The fourth-order valence-corrected chi connectivity index (χ4v) is 4.78. The molecule has 9 nitrogen and oxygen atoms in total. The number of rotatable bonds is 9. The standard InChI is InChI=1S/C23H31N3O6S/c1-16-14-26(15-17(2)32-16)19-7-5-18(6-8-19)25-23(27)11-12-24-33(28,29)20-9-10-21(30-3)22(13-20)31-4/h5-10,13,16-17,24H,11-12,14-15H2,1-4H3,(H,25,27). The van der Waals surface area contributed by atoms with Gasteiger partial charge in [0.05, 0.1) is 31.3 Å². The summed E-state index contributed by atoms with van der Waals surface area (Å²) in [4.78, 5) is 14.6. The molecule has 0 spiro atoms. The Balaban J connectivity index is 1.51. The predicted octanol–water partition coefficient (Wildman–Crippen LogP) is 2.62. The van der Waals surface area contributed by atoms with Crippen LogP contribution in [0.15, 0.2) is 47.4 Å². The number of carbonyl (C=O) groups excluding carboxylic acids is 1. The molecule has 0 aromatic heterocycles. The Hall–Kier alpha value is -2.82. The molecule has 2 atom stereocenters. The SMILES string of the molecule is COc1ccc(S(=O)(=O)NCCC(=O)Nc2ccc(N3CC(C)OC(C)C3)cc2)cc1OC. The number of carbonyl (C=O) groups is 1. The molecule has 10 heteroatoms. The maximum absolute atomic E-state index is 12.5. The molecule has 1 aliphatic rings. The number of amides is 1. The van der Waals surface area contributed by atoms with E-state index in [1.807, 2.05) is 24.3 Å². The number of anilines is 2. The molecule has 2 N–H and O–H groups in total. The molecule has 2 aromatic carbocycles. The number of sulfonamides is 1. The normalized spacial score (nSPS) is 18.6. The van der Waals surface area contributed by atoms with Crippen molar-refractivity contribution in [2.24, 2.45) is 0 Å². The van der Waals surface area contributed by atoms with E-state index < -0.39 is 10.0 Å². The van der Waals surface area contributed by atoms with Crippen molar-refractivity contribution in [2.75, 3.05) is 44.1 Å². The van der Waals surface area contributed by atoms with Gasteiger partial charge in [0.1, 0.15) is 0 Å². The lowest BCUT2D eigenvalue weighted by atomic mass is 10.2. The number of hydrogen-bond donors (Lipinski definition) is 2. The summed E-state index contributed by atoms with van der Waals surface area (Å²) < 4.78 is 43.5. The van der Waals surface area contributed by atoms with Gasteiger partial charge >= 0.3 is 0 Å². The number of nitrogens with one attached hydrogen (secondary N) is 2. The Labute approximate surface area is 195 Å². The van der Waals surface area contributed by atoms with E-state index in [1.165, 1.54) is 32.4 Å². The second-order valence-electron chi connectivity index (χ2n) is 7.92. The second kappa shape index (κ2) is 10.9. The molecule has 1 heterocycles. The lowest BCUT2D eigenvalue weighted by molar-refractivity contribution is -0.116. The van der Waals surface area contributed by atoms with Crippen LogP contribution < -0.4 is 24.4 Å². The zero-order valence-corrected chi connectivity index (χ0v) is 20.1. The number of benzene rings is 2. The summed E-state index contributed by atoms with van der Waals surface area (Å²) in [5.41, 5.74) is 1.72. The van der Waals surface area contributed by atoms with Gasteiger partial charge in [0, 0.05) is 43.5 Å². The van der Waals surface area contributed by atoms with Crippen LogP contribution in [0, 0.1) is 0 Å². The summed E-state index contributed by atoms with van der Waals surface area (Å²) in [5, 5.41) is 2.80. The smallest absolute Gasteiger partial charge is 0.240 e. The monoisotopic (exact) mass is 477 g/mol. The molecular formula is C23H31N3O6S. The van der Waals surface area contributed by atoms with Crippen LogP contribution in [-0.2, 0) is 19.6 Å². The van der Waals surface area contributed by atoms with E-state index >= 15 is 0 Å². The lowest BCUT2D eigenvalue weighted by Gasteiger charge is -2.36. The topological polar surface area (TPSA) is 106 Å². The minimum atomic E-state index is -3.79. The van der Waals surface area contributed by atoms with Crippen molar-refractivity contribution >= 4 is 27.3 Å². The summed E-state index contributed by atoms with van der Waals surface area (Å²) in [6.07, 6.45) is 0.319. The van der Waals surface area contributed by atoms with E-state index in [-0.39, 0.29) is 36.0 Å². The van der Waals surface area contributed by atoms with Gasteiger partial charge < -0.3 is 24.4 Å². The van der Waals surface area contributed by atoms with E-state index in [0.29, 0.717) is 17.2 Å². The summed E-state index contributed by atoms with van der Waals surface area (Å²) in [6, 6.07) is 11.9. The van der Waals surface area contributed by atoms with Crippen LogP contribution in [-0.4, -0.2) is 60.4 Å². The van der Waals surface area contributed by atoms with Gasteiger partial charge in [0.25, 0.3) is 0 Å². The summed E-state index contributed by atoms with van der Waals surface area (Å²) in [5.74, 6) is 0.452. The Kier molecular flexibility index (Phi) is 8.17. The van der Waals surface area contributed by atoms with Gasteiger partial charge in [-0.1, -0.05) is 0 Å². The Morgan fingerprint density at radius 2 is 1.67 bits per heavy atom. The molecule has 0 aliphatic carbocycles. The molecule has 33 heavy (non-hydrogen) atoms. The van der Waals surface area contributed by atoms with Crippen molar-refractivity contribution in [1.82, 2.24) is 4.72 Å². The van der Waals surface area contributed by atoms with Crippen LogP contribution in [0.4, 0.5) is 11.4 Å². The zero-order valence-electron chi connectivity index (χ0n) is 19.3. The molecule has 1 amide bonds. The first-order valence-corrected chi connectivity index (χ1v) is 12.2. The maximum Gasteiger partial charge on any atom is 0.240 e. The van der Waals surface area contributed by atoms with E-state index in [1.54, 1.807) is 0 Å². The third-order valence-corrected chi connectivity index (χ3v) is 6.70. The third kappa shape index (κ3) is 6.59. The Morgan fingerprint density at radius 3 is 2.27 bits per heavy atom. The molecule has 2 unspecified atom stereocenters. The largest absolute Gasteiger partial charge is 0.493 e. The first-order valence-electron chi connectivity index (χ1n) is 10.7. The molecule has 0 bridgehead atoms. The molecule has 1 aliphatic heterocycles. The predicted molar refractivity (Wildman–Crippen MR) is 127 cm³/mol. The highest BCUT2D eigenvalue weighted by molar-refractivity contribution is 7.89. The molecule has 1 fully saturated rings. The van der Waals surface area contributed by atoms with Crippen LogP contribution in [0.1, 0.15) is 20.3 Å². The number of ether oxygens (including phenoxy) is 3. The van der Waals surface area contributed by atoms with Gasteiger partial charge in [-0.15, -0.1) is 0 Å². The molecule has 1 saturated heterocycles. The average molecular weight is 478 g/mol. The van der Waals surface area contributed by atoms with Crippen molar-refractivity contribution in [1.29, 1.82) is 0 Å². The minimum Gasteiger partial charge on any atom is -0.493 e. The van der Waals surface area contributed by atoms with Crippen LogP contribution in [0.25, 0.3) is 0 Å². The lowest BCUT2D eigenvalue weighted by Crippen LogP contribution is -2.45. The van der Waals surface area contributed by atoms with E-state index in [9.17, 15) is 13.2 Å². The van der Waals surface area contributed by atoms with E-state index in [4.69, 9.17) is 14.2 Å². The van der Waals surface area contributed by atoms with Crippen LogP contribution in [0.3, 0.4) is 0 Å². The maximum atomic E-state index is 12.5. The fourth-order valence-electron chi connectivity index (χ4n) is 3.73. The Bertz CT molecular complexity index is 1050. The molecule has 0 saturated carbocycles. The van der Waals surface area contributed by atoms with Crippen molar-refractivity contribution in [3.05, 3.63) is 42.5 Å². The highest BCUT2D eigenvalue weighted by Crippen LogP contribution is 2.29. The van der Waals surface area contributed by atoms with Gasteiger partial charge in [-0.25, -0.2) is 13.1 Å². The molecular weight excluding hydrogens is 446 g/mol. The number of methoxy groups -OCH3 is 2. The van der Waals surface area contributed by atoms with E-state index in [2.05, 4.69) is 28.8 Å². The molecule has 180 valence electrons.